The number of nitrogens with zero attached hydrogens (tertiary/aromatic N) is 1. The van der Waals surface area contributed by atoms with E-state index in [-0.39, 0.29) is 18.4 Å². The lowest BCUT2D eigenvalue weighted by molar-refractivity contribution is -0.144. The van der Waals surface area contributed by atoms with Gasteiger partial charge >= 0.3 is 12.1 Å². The summed E-state index contributed by atoms with van der Waals surface area (Å²) in [7, 11) is 1.63. The molecule has 0 saturated carbocycles. The molecule has 0 heterocycles. The van der Waals surface area contributed by atoms with Gasteiger partial charge in [-0.05, 0) is 20.3 Å². The van der Waals surface area contributed by atoms with Crippen molar-refractivity contribution in [1.29, 1.82) is 0 Å². The van der Waals surface area contributed by atoms with Crippen LogP contribution in [-0.2, 0) is 14.3 Å². The standard InChI is InChI=1S/C11H21NO4/c1-5-9(8-10(13)15-6-2)12(4)11(14)16-7-3/h9H,5-8H2,1-4H3. The van der Waals surface area contributed by atoms with Gasteiger partial charge in [-0.2, -0.15) is 0 Å². The van der Waals surface area contributed by atoms with Gasteiger partial charge in [0.05, 0.1) is 19.6 Å². The predicted octanol–water partition coefficient (Wildman–Crippen LogP) is 1.81. The lowest BCUT2D eigenvalue weighted by Crippen LogP contribution is -2.38. The van der Waals surface area contributed by atoms with E-state index in [1.807, 2.05) is 6.92 Å². The van der Waals surface area contributed by atoms with E-state index in [0.717, 1.165) is 0 Å². The van der Waals surface area contributed by atoms with Crippen molar-refractivity contribution in [2.75, 3.05) is 20.3 Å². The Kier molecular flexibility index (Phi) is 7.33. The van der Waals surface area contributed by atoms with E-state index in [0.29, 0.717) is 19.6 Å². The number of hydrogen-bond donors (Lipinski definition) is 0. The van der Waals surface area contributed by atoms with Crippen LogP contribution in [0.1, 0.15) is 33.6 Å². The largest absolute Gasteiger partial charge is 0.466 e. The van der Waals surface area contributed by atoms with Crippen LogP contribution in [0, 0.1) is 0 Å². The average molecular weight is 231 g/mol. The number of amides is 1. The molecule has 0 aliphatic carbocycles. The second-order valence-electron chi connectivity index (χ2n) is 3.38. The summed E-state index contributed by atoms with van der Waals surface area (Å²) in [5, 5.41) is 0. The Hall–Kier alpha value is -1.26. The predicted molar refractivity (Wildman–Crippen MR) is 60.1 cm³/mol. The Balaban J connectivity index is 4.25. The molecule has 0 spiro atoms. The molecule has 0 aromatic rings. The molecule has 16 heavy (non-hydrogen) atoms. The summed E-state index contributed by atoms with van der Waals surface area (Å²) < 4.78 is 9.71. The van der Waals surface area contributed by atoms with Gasteiger partial charge in [0.15, 0.2) is 0 Å². The molecule has 0 fully saturated rings. The van der Waals surface area contributed by atoms with E-state index in [9.17, 15) is 9.59 Å². The molecule has 5 heteroatoms. The van der Waals surface area contributed by atoms with Crippen molar-refractivity contribution in [3.63, 3.8) is 0 Å². The zero-order chi connectivity index (χ0) is 12.6. The Morgan fingerprint density at radius 3 is 2.12 bits per heavy atom. The number of carbonyl (C=O) groups is 2. The van der Waals surface area contributed by atoms with Crippen LogP contribution < -0.4 is 0 Å². The van der Waals surface area contributed by atoms with Gasteiger partial charge in [0.1, 0.15) is 0 Å². The summed E-state index contributed by atoms with van der Waals surface area (Å²) in [6.45, 7) is 6.11. The zero-order valence-corrected chi connectivity index (χ0v) is 10.5. The van der Waals surface area contributed by atoms with Crippen molar-refractivity contribution in [2.24, 2.45) is 0 Å². The van der Waals surface area contributed by atoms with Crippen molar-refractivity contribution in [3.8, 4) is 0 Å². The van der Waals surface area contributed by atoms with Crippen LogP contribution in [-0.4, -0.2) is 43.3 Å². The number of esters is 1. The smallest absolute Gasteiger partial charge is 0.409 e. The average Bonchev–Trinajstić information content (AvgIpc) is 2.25. The second-order valence-corrected chi connectivity index (χ2v) is 3.38. The van der Waals surface area contributed by atoms with Crippen molar-refractivity contribution in [1.82, 2.24) is 4.90 Å². The molecule has 0 radical (unpaired) electrons. The monoisotopic (exact) mass is 231 g/mol. The maximum absolute atomic E-state index is 11.4. The molecule has 94 valence electrons. The minimum atomic E-state index is -0.404. The highest BCUT2D eigenvalue weighted by Gasteiger charge is 2.22. The fraction of sp³-hybridized carbons (Fsp3) is 0.818. The molecular formula is C11H21NO4. The summed E-state index contributed by atoms with van der Waals surface area (Å²) >= 11 is 0. The maximum Gasteiger partial charge on any atom is 0.409 e. The Labute approximate surface area is 96.7 Å². The molecule has 0 aliphatic heterocycles. The van der Waals surface area contributed by atoms with Crippen LogP contribution in [0.15, 0.2) is 0 Å². The third-order valence-electron chi connectivity index (χ3n) is 2.28. The highest BCUT2D eigenvalue weighted by Crippen LogP contribution is 2.09. The first kappa shape index (κ1) is 14.7. The van der Waals surface area contributed by atoms with Gasteiger partial charge in [-0.15, -0.1) is 0 Å². The molecule has 0 aliphatic rings. The van der Waals surface area contributed by atoms with E-state index in [1.54, 1.807) is 20.9 Å². The zero-order valence-electron chi connectivity index (χ0n) is 10.5. The van der Waals surface area contributed by atoms with E-state index in [4.69, 9.17) is 9.47 Å². The van der Waals surface area contributed by atoms with Gasteiger partial charge in [-0.3, -0.25) is 4.79 Å². The van der Waals surface area contributed by atoms with Crippen molar-refractivity contribution >= 4 is 12.1 Å². The van der Waals surface area contributed by atoms with Gasteiger partial charge in [0, 0.05) is 13.1 Å². The molecule has 1 unspecified atom stereocenters. The van der Waals surface area contributed by atoms with Gasteiger partial charge in [-0.1, -0.05) is 6.92 Å². The third kappa shape index (κ3) is 5.00. The first-order valence-corrected chi connectivity index (χ1v) is 5.61. The summed E-state index contributed by atoms with van der Waals surface area (Å²) in [4.78, 5) is 24.2. The van der Waals surface area contributed by atoms with Crippen molar-refractivity contribution < 1.29 is 19.1 Å². The van der Waals surface area contributed by atoms with Gasteiger partial charge in [-0.25, -0.2) is 4.79 Å². The summed E-state index contributed by atoms with van der Waals surface area (Å²) in [6, 6.07) is -0.168. The quantitative estimate of drug-likeness (QED) is 0.654. The summed E-state index contributed by atoms with van der Waals surface area (Å²) in [6.07, 6.45) is 0.493. The maximum atomic E-state index is 11.4. The van der Waals surface area contributed by atoms with Gasteiger partial charge in [0.2, 0.25) is 0 Å². The fourth-order valence-electron chi connectivity index (χ4n) is 1.34. The SMILES string of the molecule is CCOC(=O)CC(CC)N(C)C(=O)OCC. The molecule has 1 amide bonds. The van der Waals surface area contributed by atoms with E-state index < -0.39 is 6.09 Å². The third-order valence-corrected chi connectivity index (χ3v) is 2.28. The first-order chi connectivity index (χ1) is 7.56. The lowest BCUT2D eigenvalue weighted by Gasteiger charge is -2.25. The molecule has 1 atom stereocenters. The summed E-state index contributed by atoms with van der Waals surface area (Å²) in [5.41, 5.74) is 0. The normalized spacial score (nSPS) is 11.8. The Bertz CT molecular complexity index is 230. The van der Waals surface area contributed by atoms with E-state index in [2.05, 4.69) is 0 Å². The first-order valence-electron chi connectivity index (χ1n) is 5.61. The highest BCUT2D eigenvalue weighted by atomic mass is 16.6. The number of ether oxygens (including phenoxy) is 2. The van der Waals surface area contributed by atoms with Gasteiger partial charge < -0.3 is 14.4 Å². The van der Waals surface area contributed by atoms with Crippen LogP contribution in [0.5, 0.6) is 0 Å². The molecule has 5 nitrogen and oxygen atoms in total. The highest BCUT2D eigenvalue weighted by molar-refractivity contribution is 5.72. The van der Waals surface area contributed by atoms with Crippen molar-refractivity contribution in [3.05, 3.63) is 0 Å². The van der Waals surface area contributed by atoms with Crippen LogP contribution in [0.25, 0.3) is 0 Å². The molecule has 0 saturated heterocycles. The Morgan fingerprint density at radius 1 is 1.12 bits per heavy atom. The molecule has 0 N–H and O–H groups in total. The molecule has 0 aromatic carbocycles. The van der Waals surface area contributed by atoms with Crippen LogP contribution >= 0.6 is 0 Å². The summed E-state index contributed by atoms with van der Waals surface area (Å²) in [5.74, 6) is -0.287. The minimum absolute atomic E-state index is 0.168. The van der Waals surface area contributed by atoms with Crippen LogP contribution in [0.4, 0.5) is 4.79 Å². The second kappa shape index (κ2) is 7.96. The van der Waals surface area contributed by atoms with Crippen LogP contribution in [0.3, 0.4) is 0 Å². The van der Waals surface area contributed by atoms with E-state index >= 15 is 0 Å². The van der Waals surface area contributed by atoms with E-state index in [1.165, 1.54) is 4.90 Å². The number of hydrogen-bond acceptors (Lipinski definition) is 4. The van der Waals surface area contributed by atoms with Gasteiger partial charge in [0.25, 0.3) is 0 Å². The minimum Gasteiger partial charge on any atom is -0.466 e. The number of carbonyl (C=O) groups excluding carboxylic acids is 2. The molecular weight excluding hydrogens is 210 g/mol. The molecule has 0 aromatic heterocycles. The Morgan fingerprint density at radius 2 is 1.69 bits per heavy atom. The van der Waals surface area contributed by atoms with Crippen LogP contribution in [0.2, 0.25) is 0 Å². The fourth-order valence-corrected chi connectivity index (χ4v) is 1.34. The number of rotatable bonds is 6. The molecule has 0 bridgehead atoms. The topological polar surface area (TPSA) is 55.8 Å². The lowest BCUT2D eigenvalue weighted by atomic mass is 10.1. The molecule has 0 rings (SSSR count). The van der Waals surface area contributed by atoms with Crippen molar-refractivity contribution in [2.45, 2.75) is 39.7 Å².